The number of thiazole rings is 1. The number of hydrogen-bond acceptors (Lipinski definition) is 5. The number of H-pyrrole nitrogens is 1. The number of rotatable bonds is 5. The van der Waals surface area contributed by atoms with E-state index in [4.69, 9.17) is 4.74 Å². The maximum atomic E-state index is 12.9. The minimum absolute atomic E-state index is 0.264. The van der Waals surface area contributed by atoms with Gasteiger partial charge in [0.05, 0.1) is 23.8 Å². The Labute approximate surface area is 182 Å². The first kappa shape index (κ1) is 19.0. The van der Waals surface area contributed by atoms with E-state index in [0.717, 1.165) is 32.9 Å². The fraction of sp³-hybridized carbons (Fsp3) is 0.0417. The molecule has 0 aliphatic carbocycles. The number of carbonyl (C=O) groups excluding carboxylic acids is 1. The van der Waals surface area contributed by atoms with Gasteiger partial charge in [-0.3, -0.25) is 4.79 Å². The number of nitrogens with zero attached hydrogens (tertiary/aromatic N) is 2. The number of carbonyl (C=O) groups is 1. The maximum Gasteiger partial charge on any atom is 0.275 e. The molecule has 0 atom stereocenters. The van der Waals surface area contributed by atoms with Crippen molar-refractivity contribution in [1.29, 1.82) is 0 Å². The minimum atomic E-state index is -0.264. The normalized spacial score (nSPS) is 10.9. The molecule has 2 heterocycles. The Hall–Kier alpha value is -3.97. The van der Waals surface area contributed by atoms with Gasteiger partial charge in [0, 0.05) is 16.5 Å². The summed E-state index contributed by atoms with van der Waals surface area (Å²) in [6.45, 7) is 0. The van der Waals surface area contributed by atoms with Crippen molar-refractivity contribution in [3.8, 4) is 27.7 Å². The van der Waals surface area contributed by atoms with Crippen LogP contribution in [0.3, 0.4) is 0 Å². The molecule has 152 valence electrons. The molecule has 2 aromatic heterocycles. The van der Waals surface area contributed by atoms with Crippen LogP contribution in [0.4, 0.5) is 5.69 Å². The predicted molar refractivity (Wildman–Crippen MR) is 124 cm³/mol. The van der Waals surface area contributed by atoms with E-state index in [0.29, 0.717) is 17.2 Å². The van der Waals surface area contributed by atoms with E-state index in [-0.39, 0.29) is 5.91 Å². The lowest BCUT2D eigenvalue weighted by atomic mass is 10.1. The summed E-state index contributed by atoms with van der Waals surface area (Å²) in [4.78, 5) is 25.4. The number of aromatic nitrogens is 3. The molecule has 0 bridgehead atoms. The van der Waals surface area contributed by atoms with E-state index in [1.807, 2.05) is 72.8 Å². The van der Waals surface area contributed by atoms with Crippen molar-refractivity contribution in [2.75, 3.05) is 12.4 Å². The maximum absolute atomic E-state index is 12.9. The van der Waals surface area contributed by atoms with Gasteiger partial charge in [-0.1, -0.05) is 24.3 Å². The van der Waals surface area contributed by atoms with Gasteiger partial charge in [0.2, 0.25) is 0 Å². The van der Waals surface area contributed by atoms with Crippen molar-refractivity contribution >= 4 is 34.0 Å². The quantitative estimate of drug-likeness (QED) is 0.383. The molecule has 0 saturated heterocycles. The van der Waals surface area contributed by atoms with Gasteiger partial charge in [-0.2, -0.15) is 0 Å². The van der Waals surface area contributed by atoms with E-state index < -0.39 is 0 Å². The molecular weight excluding hydrogens is 408 g/mol. The summed E-state index contributed by atoms with van der Waals surface area (Å²) in [7, 11) is 1.63. The van der Waals surface area contributed by atoms with E-state index >= 15 is 0 Å². The number of imidazole rings is 1. The van der Waals surface area contributed by atoms with Crippen LogP contribution in [-0.2, 0) is 0 Å². The highest BCUT2D eigenvalue weighted by molar-refractivity contribution is 7.13. The molecule has 0 aliphatic heterocycles. The van der Waals surface area contributed by atoms with Gasteiger partial charge in [0.15, 0.2) is 0 Å². The highest BCUT2D eigenvalue weighted by Crippen LogP contribution is 2.29. The highest BCUT2D eigenvalue weighted by atomic mass is 32.1. The predicted octanol–water partition coefficient (Wildman–Crippen LogP) is 5.61. The van der Waals surface area contributed by atoms with Crippen molar-refractivity contribution < 1.29 is 9.53 Å². The first-order valence-corrected chi connectivity index (χ1v) is 10.5. The van der Waals surface area contributed by atoms with Crippen molar-refractivity contribution in [2.45, 2.75) is 0 Å². The third kappa shape index (κ3) is 3.78. The number of benzene rings is 3. The van der Waals surface area contributed by atoms with Crippen molar-refractivity contribution in [3.63, 3.8) is 0 Å². The zero-order chi connectivity index (χ0) is 21.2. The van der Waals surface area contributed by atoms with Gasteiger partial charge < -0.3 is 15.0 Å². The third-order valence-electron chi connectivity index (χ3n) is 4.89. The Balaban J connectivity index is 1.40. The van der Waals surface area contributed by atoms with Crippen LogP contribution >= 0.6 is 11.3 Å². The van der Waals surface area contributed by atoms with Gasteiger partial charge in [0.1, 0.15) is 22.3 Å². The molecule has 2 N–H and O–H groups in total. The molecule has 0 fully saturated rings. The molecule has 1 amide bonds. The van der Waals surface area contributed by atoms with Crippen LogP contribution in [0.15, 0.2) is 78.2 Å². The number of fused-ring (bicyclic) bond motifs is 1. The molecule has 3 aromatic carbocycles. The number of nitrogens with one attached hydrogen (secondary N) is 2. The Morgan fingerprint density at radius 1 is 0.968 bits per heavy atom. The third-order valence-corrected chi connectivity index (χ3v) is 5.78. The average Bonchev–Trinajstić information content (AvgIpc) is 3.47. The van der Waals surface area contributed by atoms with E-state index in [1.54, 1.807) is 12.5 Å². The fourth-order valence-electron chi connectivity index (χ4n) is 3.31. The molecular formula is C24H18N4O2S. The van der Waals surface area contributed by atoms with Gasteiger partial charge >= 0.3 is 0 Å². The summed E-state index contributed by atoms with van der Waals surface area (Å²) in [5.41, 5.74) is 4.62. The summed E-state index contributed by atoms with van der Waals surface area (Å²) < 4.78 is 5.19. The standard InChI is InChI=1S/C24H18N4O2S/c1-30-16-12-10-15(11-13-16)24-28-21(14-31-24)23(29)27-18-7-3-2-6-17(18)22-25-19-8-4-5-9-20(19)26-22/h2-14H,1H3,(H,25,26)(H,27,29). The first-order valence-electron chi connectivity index (χ1n) is 9.67. The van der Waals surface area contributed by atoms with Gasteiger partial charge in [-0.05, 0) is 48.5 Å². The molecule has 0 aliphatic rings. The fourth-order valence-corrected chi connectivity index (χ4v) is 4.12. The molecule has 5 aromatic rings. The summed E-state index contributed by atoms with van der Waals surface area (Å²) in [5.74, 6) is 1.22. The van der Waals surface area contributed by atoms with Gasteiger partial charge in [-0.25, -0.2) is 9.97 Å². The number of amides is 1. The number of hydrogen-bond donors (Lipinski definition) is 2. The van der Waals surface area contributed by atoms with Crippen LogP contribution in [-0.4, -0.2) is 28.0 Å². The molecule has 5 rings (SSSR count). The second-order valence-corrected chi connectivity index (χ2v) is 7.73. The molecule has 7 heteroatoms. The second kappa shape index (κ2) is 8.04. The van der Waals surface area contributed by atoms with E-state index in [2.05, 4.69) is 20.3 Å². The Morgan fingerprint density at radius 2 is 1.74 bits per heavy atom. The van der Waals surface area contributed by atoms with Crippen LogP contribution in [0, 0.1) is 0 Å². The first-order chi connectivity index (χ1) is 15.2. The number of anilines is 1. The van der Waals surface area contributed by atoms with Crippen LogP contribution < -0.4 is 10.1 Å². The lowest BCUT2D eigenvalue weighted by molar-refractivity contribution is 0.102. The molecule has 0 spiro atoms. The summed E-state index contributed by atoms with van der Waals surface area (Å²) in [5, 5.41) is 5.52. The molecule has 0 saturated carbocycles. The van der Waals surface area contributed by atoms with E-state index in [9.17, 15) is 4.79 Å². The molecule has 0 radical (unpaired) electrons. The molecule has 6 nitrogen and oxygen atoms in total. The molecule has 31 heavy (non-hydrogen) atoms. The lowest BCUT2D eigenvalue weighted by Gasteiger charge is -2.08. The minimum Gasteiger partial charge on any atom is -0.497 e. The average molecular weight is 427 g/mol. The highest BCUT2D eigenvalue weighted by Gasteiger charge is 2.16. The number of aromatic amines is 1. The van der Waals surface area contributed by atoms with Gasteiger partial charge in [-0.15, -0.1) is 11.3 Å². The summed E-state index contributed by atoms with van der Waals surface area (Å²) in [6.07, 6.45) is 0. The zero-order valence-electron chi connectivity index (χ0n) is 16.6. The smallest absolute Gasteiger partial charge is 0.275 e. The topological polar surface area (TPSA) is 79.9 Å². The van der Waals surface area contributed by atoms with Crippen LogP contribution in [0.25, 0.3) is 33.0 Å². The zero-order valence-corrected chi connectivity index (χ0v) is 17.4. The summed E-state index contributed by atoms with van der Waals surface area (Å²) in [6, 6.07) is 23.0. The monoisotopic (exact) mass is 426 g/mol. The van der Waals surface area contributed by atoms with Gasteiger partial charge in [0.25, 0.3) is 5.91 Å². The Kier molecular flexibility index (Phi) is 4.93. The number of para-hydroxylation sites is 3. The largest absolute Gasteiger partial charge is 0.497 e. The Morgan fingerprint density at radius 3 is 2.55 bits per heavy atom. The van der Waals surface area contributed by atoms with E-state index in [1.165, 1.54) is 11.3 Å². The Bertz CT molecular complexity index is 1340. The molecule has 0 unspecified atom stereocenters. The van der Waals surface area contributed by atoms with Crippen molar-refractivity contribution in [3.05, 3.63) is 83.9 Å². The lowest BCUT2D eigenvalue weighted by Crippen LogP contribution is -2.13. The number of ether oxygens (including phenoxy) is 1. The van der Waals surface area contributed by atoms with Crippen LogP contribution in [0.1, 0.15) is 10.5 Å². The van der Waals surface area contributed by atoms with Crippen molar-refractivity contribution in [2.24, 2.45) is 0 Å². The van der Waals surface area contributed by atoms with Crippen LogP contribution in [0.2, 0.25) is 0 Å². The van der Waals surface area contributed by atoms with Crippen LogP contribution in [0.5, 0.6) is 5.75 Å². The summed E-state index contributed by atoms with van der Waals surface area (Å²) >= 11 is 1.43. The second-order valence-electron chi connectivity index (χ2n) is 6.87. The number of methoxy groups -OCH3 is 1. The SMILES string of the molecule is COc1ccc(-c2nc(C(=O)Nc3ccccc3-c3nc4ccccc4[nH]3)cs2)cc1. The van der Waals surface area contributed by atoms with Crippen molar-refractivity contribution in [1.82, 2.24) is 15.0 Å².